The first-order valence-corrected chi connectivity index (χ1v) is 9.80. The number of hydrogen-bond donors (Lipinski definition) is 2. The number of hydrogen-bond acceptors (Lipinski definition) is 2. The van der Waals surface area contributed by atoms with Gasteiger partial charge in [0, 0.05) is 12.5 Å². The van der Waals surface area contributed by atoms with E-state index in [1.165, 1.54) is 0 Å². The molecule has 0 saturated heterocycles. The maximum atomic E-state index is 12.4. The van der Waals surface area contributed by atoms with E-state index in [9.17, 15) is 14.7 Å². The molecule has 0 aliphatic rings. The number of carboxylic acids is 1. The fourth-order valence-corrected chi connectivity index (χ4v) is 3.23. The smallest absolute Gasteiger partial charge is 0.306 e. The third-order valence-corrected chi connectivity index (χ3v) is 4.66. The Hall–Kier alpha value is -2.62. The molecule has 28 heavy (non-hydrogen) atoms. The van der Waals surface area contributed by atoms with Crippen LogP contribution >= 0.6 is 0 Å². The maximum absolute atomic E-state index is 12.4. The van der Waals surface area contributed by atoms with Crippen molar-refractivity contribution in [2.24, 2.45) is 11.3 Å². The molecule has 2 aromatic carbocycles. The first-order chi connectivity index (χ1) is 13.1. The van der Waals surface area contributed by atoms with Crippen molar-refractivity contribution in [3.8, 4) is 11.1 Å². The molecule has 0 aliphatic heterocycles. The van der Waals surface area contributed by atoms with Crippen LogP contribution in [0.4, 0.5) is 0 Å². The molecule has 0 aliphatic carbocycles. The molecule has 2 aromatic rings. The lowest BCUT2D eigenvalue weighted by atomic mass is 9.90. The predicted octanol–water partition coefficient (Wildman–Crippen LogP) is 4.93. The fraction of sp³-hybridized carbons (Fsp3) is 0.417. The molecule has 2 atom stereocenters. The van der Waals surface area contributed by atoms with Crippen molar-refractivity contribution < 1.29 is 14.7 Å². The quantitative estimate of drug-likeness (QED) is 0.681. The highest BCUT2D eigenvalue weighted by Gasteiger charge is 2.23. The Morgan fingerprint density at radius 1 is 0.964 bits per heavy atom. The summed E-state index contributed by atoms with van der Waals surface area (Å²) >= 11 is 0. The number of benzene rings is 2. The summed E-state index contributed by atoms with van der Waals surface area (Å²) in [6, 6.07) is 18.2. The summed E-state index contributed by atoms with van der Waals surface area (Å²) in [6.07, 6.45) is 1.44. The largest absolute Gasteiger partial charge is 0.481 e. The number of rotatable bonds is 8. The molecule has 0 bridgehead atoms. The third kappa shape index (κ3) is 7.18. The van der Waals surface area contributed by atoms with Crippen molar-refractivity contribution in [3.63, 3.8) is 0 Å². The SMILES string of the molecule is C[C@H](C[C@@H](Cc1ccc(-c2ccccc2)cc1)NC(=O)CC(C)(C)C)C(=O)O. The number of carbonyl (C=O) groups is 2. The highest BCUT2D eigenvalue weighted by Crippen LogP contribution is 2.22. The van der Waals surface area contributed by atoms with E-state index in [0.29, 0.717) is 19.3 Å². The minimum Gasteiger partial charge on any atom is -0.481 e. The molecule has 150 valence electrons. The first kappa shape index (κ1) is 21.7. The average Bonchev–Trinajstić information content (AvgIpc) is 2.61. The number of carboxylic acid groups (broad SMARTS) is 1. The Labute approximate surface area is 168 Å². The second-order valence-electron chi connectivity index (χ2n) is 8.74. The van der Waals surface area contributed by atoms with E-state index >= 15 is 0 Å². The van der Waals surface area contributed by atoms with Gasteiger partial charge in [0.2, 0.25) is 5.91 Å². The van der Waals surface area contributed by atoms with Crippen LogP contribution in [0.3, 0.4) is 0 Å². The summed E-state index contributed by atoms with van der Waals surface area (Å²) in [5, 5.41) is 12.3. The zero-order valence-electron chi connectivity index (χ0n) is 17.2. The molecule has 1 amide bonds. The fourth-order valence-electron chi connectivity index (χ4n) is 3.23. The van der Waals surface area contributed by atoms with Gasteiger partial charge in [-0.25, -0.2) is 0 Å². The van der Waals surface area contributed by atoms with E-state index in [1.54, 1.807) is 6.92 Å². The van der Waals surface area contributed by atoms with Crippen LogP contribution in [0.2, 0.25) is 0 Å². The molecular formula is C24H31NO3. The number of amides is 1. The topological polar surface area (TPSA) is 66.4 Å². The van der Waals surface area contributed by atoms with Gasteiger partial charge in [0.05, 0.1) is 5.92 Å². The van der Waals surface area contributed by atoms with E-state index in [4.69, 9.17) is 0 Å². The van der Waals surface area contributed by atoms with Gasteiger partial charge in [0.25, 0.3) is 0 Å². The van der Waals surface area contributed by atoms with Crippen LogP contribution in [0.1, 0.15) is 46.1 Å². The normalized spacial score (nSPS) is 13.6. The molecule has 0 heterocycles. The van der Waals surface area contributed by atoms with E-state index in [-0.39, 0.29) is 17.4 Å². The van der Waals surface area contributed by atoms with Gasteiger partial charge < -0.3 is 10.4 Å². The molecule has 0 unspecified atom stereocenters. The van der Waals surface area contributed by atoms with E-state index in [0.717, 1.165) is 16.7 Å². The van der Waals surface area contributed by atoms with Crippen LogP contribution in [0, 0.1) is 11.3 Å². The van der Waals surface area contributed by atoms with Crippen LogP contribution in [0.25, 0.3) is 11.1 Å². The number of aliphatic carboxylic acids is 1. The van der Waals surface area contributed by atoms with Crippen molar-refractivity contribution in [3.05, 3.63) is 60.2 Å². The van der Waals surface area contributed by atoms with Crippen LogP contribution in [0.15, 0.2) is 54.6 Å². The van der Waals surface area contributed by atoms with E-state index in [2.05, 4.69) is 41.7 Å². The summed E-state index contributed by atoms with van der Waals surface area (Å²) < 4.78 is 0. The van der Waals surface area contributed by atoms with Crippen molar-refractivity contribution in [2.45, 2.75) is 53.0 Å². The zero-order valence-corrected chi connectivity index (χ0v) is 17.2. The molecule has 0 fully saturated rings. The lowest BCUT2D eigenvalue weighted by molar-refractivity contribution is -0.141. The highest BCUT2D eigenvalue weighted by atomic mass is 16.4. The lowest BCUT2D eigenvalue weighted by Crippen LogP contribution is -2.40. The van der Waals surface area contributed by atoms with Gasteiger partial charge in [0.15, 0.2) is 0 Å². The Morgan fingerprint density at radius 2 is 1.54 bits per heavy atom. The Balaban J connectivity index is 2.10. The van der Waals surface area contributed by atoms with Crippen molar-refractivity contribution in [1.29, 1.82) is 0 Å². The molecule has 0 saturated carbocycles. The van der Waals surface area contributed by atoms with Crippen LogP contribution in [0.5, 0.6) is 0 Å². The minimum absolute atomic E-state index is 0.0315. The van der Waals surface area contributed by atoms with Gasteiger partial charge in [0.1, 0.15) is 0 Å². The van der Waals surface area contributed by atoms with Gasteiger partial charge in [-0.15, -0.1) is 0 Å². The maximum Gasteiger partial charge on any atom is 0.306 e. The average molecular weight is 382 g/mol. The minimum atomic E-state index is -0.838. The predicted molar refractivity (Wildman–Crippen MR) is 113 cm³/mol. The summed E-state index contributed by atoms with van der Waals surface area (Å²) in [5.74, 6) is -1.38. The van der Waals surface area contributed by atoms with Gasteiger partial charge in [-0.2, -0.15) is 0 Å². The van der Waals surface area contributed by atoms with Crippen LogP contribution in [-0.4, -0.2) is 23.0 Å². The molecular weight excluding hydrogens is 350 g/mol. The Bertz CT molecular complexity index is 776. The Morgan fingerprint density at radius 3 is 2.07 bits per heavy atom. The first-order valence-electron chi connectivity index (χ1n) is 9.80. The standard InChI is InChI=1S/C24H31NO3/c1-17(23(27)28)14-21(25-22(26)16-24(2,3)4)15-18-10-12-20(13-11-18)19-8-6-5-7-9-19/h5-13,17,21H,14-16H2,1-4H3,(H,25,26)(H,27,28)/t17-,21+/m1/s1. The number of carbonyl (C=O) groups excluding carboxylic acids is 1. The van der Waals surface area contributed by atoms with Crippen molar-refractivity contribution >= 4 is 11.9 Å². The van der Waals surface area contributed by atoms with Gasteiger partial charge in [-0.05, 0) is 34.9 Å². The number of nitrogens with one attached hydrogen (secondary N) is 1. The summed E-state index contributed by atoms with van der Waals surface area (Å²) in [5.41, 5.74) is 3.27. The second-order valence-corrected chi connectivity index (χ2v) is 8.74. The molecule has 4 heteroatoms. The highest BCUT2D eigenvalue weighted by molar-refractivity contribution is 5.77. The van der Waals surface area contributed by atoms with Crippen molar-refractivity contribution in [1.82, 2.24) is 5.32 Å². The summed E-state index contributed by atoms with van der Waals surface area (Å²) in [4.78, 5) is 23.7. The molecule has 2 rings (SSSR count). The van der Waals surface area contributed by atoms with Crippen molar-refractivity contribution in [2.75, 3.05) is 0 Å². The summed E-state index contributed by atoms with van der Waals surface area (Å²) in [7, 11) is 0. The molecule has 2 N–H and O–H groups in total. The van der Waals surface area contributed by atoms with Gasteiger partial charge in [-0.3, -0.25) is 9.59 Å². The van der Waals surface area contributed by atoms with Gasteiger partial charge >= 0.3 is 5.97 Å². The van der Waals surface area contributed by atoms with Crippen LogP contribution in [-0.2, 0) is 16.0 Å². The monoisotopic (exact) mass is 381 g/mol. The summed E-state index contributed by atoms with van der Waals surface area (Å²) in [6.45, 7) is 7.74. The molecule has 0 spiro atoms. The van der Waals surface area contributed by atoms with E-state index in [1.807, 2.05) is 39.0 Å². The van der Waals surface area contributed by atoms with Crippen LogP contribution < -0.4 is 5.32 Å². The molecule has 0 radical (unpaired) electrons. The molecule has 4 nitrogen and oxygen atoms in total. The zero-order chi connectivity index (χ0) is 20.7. The third-order valence-electron chi connectivity index (χ3n) is 4.66. The second kappa shape index (κ2) is 9.54. The van der Waals surface area contributed by atoms with E-state index < -0.39 is 11.9 Å². The lowest BCUT2D eigenvalue weighted by Gasteiger charge is -2.24. The Kier molecular flexibility index (Phi) is 7.38. The molecule has 0 aromatic heterocycles. The van der Waals surface area contributed by atoms with Gasteiger partial charge in [-0.1, -0.05) is 82.3 Å².